The van der Waals surface area contributed by atoms with Gasteiger partial charge in [-0.1, -0.05) is 39.8 Å². The molecule has 7 heteroatoms. The molecule has 2 aromatic rings. The number of nitrogens with zero attached hydrogens (tertiary/aromatic N) is 2. The predicted octanol–water partition coefficient (Wildman–Crippen LogP) is 3.29. The summed E-state index contributed by atoms with van der Waals surface area (Å²) in [5, 5.41) is 6.89. The molecule has 1 aromatic heterocycles. The quantitative estimate of drug-likeness (QED) is 0.643. The van der Waals surface area contributed by atoms with Gasteiger partial charge >= 0.3 is 5.97 Å². The van der Waals surface area contributed by atoms with Crippen LogP contribution in [0, 0.1) is 11.8 Å². The van der Waals surface area contributed by atoms with Crippen LogP contribution in [0.3, 0.4) is 0 Å². The molecule has 0 aliphatic heterocycles. The number of ether oxygens (including phenoxy) is 1. The van der Waals surface area contributed by atoms with E-state index >= 15 is 0 Å². The minimum absolute atomic E-state index is 0.0142. The van der Waals surface area contributed by atoms with Crippen LogP contribution in [0.15, 0.2) is 24.3 Å². The summed E-state index contributed by atoms with van der Waals surface area (Å²) < 4.78 is 4.91. The van der Waals surface area contributed by atoms with Crippen molar-refractivity contribution >= 4 is 28.6 Å². The second-order valence-electron chi connectivity index (χ2n) is 7.60. The molecule has 0 aliphatic carbocycles. The van der Waals surface area contributed by atoms with Crippen molar-refractivity contribution in [2.75, 3.05) is 12.4 Å². The highest BCUT2D eigenvalue weighted by molar-refractivity contribution is 5.91. The van der Waals surface area contributed by atoms with Gasteiger partial charge in [0.25, 0.3) is 0 Å². The highest BCUT2D eigenvalue weighted by atomic mass is 16.5. The highest BCUT2D eigenvalue weighted by Crippen LogP contribution is 2.22. The zero-order valence-electron chi connectivity index (χ0n) is 17.3. The first-order valence-electron chi connectivity index (χ1n) is 9.68. The summed E-state index contributed by atoms with van der Waals surface area (Å²) in [7, 11) is 1.37. The molecule has 0 saturated heterocycles. The number of aromatic nitrogens is 2. The molecule has 2 rings (SSSR count). The van der Waals surface area contributed by atoms with E-state index < -0.39 is 6.04 Å². The summed E-state index contributed by atoms with van der Waals surface area (Å²) in [5.74, 6) is 1.17. The Kier molecular flexibility index (Phi) is 7.72. The van der Waals surface area contributed by atoms with E-state index in [4.69, 9.17) is 4.74 Å². The van der Waals surface area contributed by atoms with E-state index in [1.807, 2.05) is 38.1 Å². The maximum atomic E-state index is 12.1. The molecule has 152 valence electrons. The van der Waals surface area contributed by atoms with Crippen molar-refractivity contribution in [1.82, 2.24) is 15.3 Å². The van der Waals surface area contributed by atoms with Gasteiger partial charge in [0.2, 0.25) is 5.91 Å². The van der Waals surface area contributed by atoms with E-state index in [1.165, 1.54) is 7.11 Å². The second kappa shape index (κ2) is 10.0. The summed E-state index contributed by atoms with van der Waals surface area (Å²) in [6.45, 7) is 8.29. The smallest absolute Gasteiger partial charge is 0.328 e. The molecule has 1 aromatic carbocycles. The zero-order valence-corrected chi connectivity index (χ0v) is 17.3. The van der Waals surface area contributed by atoms with Crippen molar-refractivity contribution in [3.05, 3.63) is 30.1 Å². The number of para-hydroxylation sites is 1. The van der Waals surface area contributed by atoms with Crippen molar-refractivity contribution in [1.29, 1.82) is 0 Å². The molecule has 0 spiro atoms. The van der Waals surface area contributed by atoms with Gasteiger partial charge in [-0.3, -0.25) is 4.79 Å². The Morgan fingerprint density at radius 1 is 1.11 bits per heavy atom. The molecule has 0 aliphatic rings. The lowest BCUT2D eigenvalue weighted by Crippen LogP contribution is -2.36. The number of nitrogens with one attached hydrogen (secondary N) is 2. The van der Waals surface area contributed by atoms with Gasteiger partial charge in [0, 0.05) is 11.8 Å². The number of carbonyl (C=O) groups is 2. The third kappa shape index (κ3) is 5.90. The molecule has 2 N–H and O–H groups in total. The molecule has 0 bridgehead atoms. The van der Waals surface area contributed by atoms with Crippen molar-refractivity contribution in [2.45, 2.75) is 53.1 Å². The van der Waals surface area contributed by atoms with Gasteiger partial charge in [-0.15, -0.1) is 0 Å². The Hall–Kier alpha value is -2.70. The fourth-order valence-electron chi connectivity index (χ4n) is 2.77. The van der Waals surface area contributed by atoms with Gasteiger partial charge in [-0.2, -0.15) is 0 Å². The number of hydrogen-bond donors (Lipinski definition) is 2. The third-order valence-corrected chi connectivity index (χ3v) is 4.46. The first-order chi connectivity index (χ1) is 13.3. The van der Waals surface area contributed by atoms with Crippen molar-refractivity contribution in [3.8, 4) is 0 Å². The first-order valence-corrected chi connectivity index (χ1v) is 9.68. The highest BCUT2D eigenvalue weighted by Gasteiger charge is 2.24. The van der Waals surface area contributed by atoms with Crippen molar-refractivity contribution in [3.63, 3.8) is 0 Å². The molecule has 7 nitrogen and oxygen atoms in total. The molecule has 1 amide bonds. The number of hydrogen-bond acceptors (Lipinski definition) is 6. The SMILES string of the molecule is COC(=O)C(Nc1nc(CNC(=O)CCC(C)C)nc2ccccc12)C(C)C. The van der Waals surface area contributed by atoms with Crippen LogP contribution in [-0.4, -0.2) is 35.0 Å². The summed E-state index contributed by atoms with van der Waals surface area (Å²) in [5.41, 5.74) is 0.749. The average Bonchev–Trinajstić information content (AvgIpc) is 2.67. The number of amides is 1. The minimum Gasteiger partial charge on any atom is -0.467 e. The first kappa shape index (κ1) is 21.6. The Labute approximate surface area is 166 Å². The Balaban J connectivity index is 2.24. The van der Waals surface area contributed by atoms with E-state index in [-0.39, 0.29) is 24.3 Å². The van der Waals surface area contributed by atoms with Crippen LogP contribution in [0.4, 0.5) is 5.82 Å². The Bertz CT molecular complexity index is 820. The van der Waals surface area contributed by atoms with Gasteiger partial charge in [0.05, 0.1) is 19.2 Å². The van der Waals surface area contributed by atoms with Crippen LogP contribution >= 0.6 is 0 Å². The van der Waals surface area contributed by atoms with Crippen molar-refractivity contribution < 1.29 is 14.3 Å². The van der Waals surface area contributed by atoms with Crippen LogP contribution < -0.4 is 10.6 Å². The normalized spacial score (nSPS) is 12.2. The van der Waals surface area contributed by atoms with E-state index in [0.29, 0.717) is 24.0 Å². The monoisotopic (exact) mass is 386 g/mol. The molecular weight excluding hydrogens is 356 g/mol. The van der Waals surface area contributed by atoms with Gasteiger partial charge in [-0.05, 0) is 30.4 Å². The number of fused-ring (bicyclic) bond motifs is 1. The van der Waals surface area contributed by atoms with Crippen LogP contribution in [0.5, 0.6) is 0 Å². The summed E-state index contributed by atoms with van der Waals surface area (Å²) in [6.07, 6.45) is 1.32. The Morgan fingerprint density at radius 2 is 1.82 bits per heavy atom. The number of anilines is 1. The van der Waals surface area contributed by atoms with Crippen LogP contribution in [-0.2, 0) is 20.9 Å². The average molecular weight is 386 g/mol. The van der Waals surface area contributed by atoms with Crippen molar-refractivity contribution in [2.24, 2.45) is 11.8 Å². The molecule has 1 heterocycles. The lowest BCUT2D eigenvalue weighted by atomic mass is 10.0. The van der Waals surface area contributed by atoms with E-state index in [2.05, 4.69) is 34.4 Å². The van der Waals surface area contributed by atoms with Gasteiger partial charge in [0.15, 0.2) is 5.82 Å². The zero-order chi connectivity index (χ0) is 20.7. The summed E-state index contributed by atoms with van der Waals surface area (Å²) >= 11 is 0. The minimum atomic E-state index is -0.531. The topological polar surface area (TPSA) is 93.2 Å². The Morgan fingerprint density at radius 3 is 2.46 bits per heavy atom. The molecule has 1 atom stereocenters. The molecule has 28 heavy (non-hydrogen) atoms. The lowest BCUT2D eigenvalue weighted by molar-refractivity contribution is -0.142. The second-order valence-corrected chi connectivity index (χ2v) is 7.60. The fraction of sp³-hybridized carbons (Fsp3) is 0.524. The molecule has 0 fully saturated rings. The standard InChI is InChI=1S/C21H30N4O3/c1-13(2)10-11-18(26)22-12-17-23-16-9-7-6-8-15(16)20(24-17)25-19(14(3)4)21(27)28-5/h6-9,13-14,19H,10-12H2,1-5H3,(H,22,26)(H,23,24,25). The van der Waals surface area contributed by atoms with Gasteiger partial charge in [0.1, 0.15) is 11.9 Å². The number of esters is 1. The summed E-state index contributed by atoms with van der Waals surface area (Å²) in [6, 6.07) is 7.04. The van der Waals surface area contributed by atoms with Crippen LogP contribution in [0.25, 0.3) is 10.9 Å². The number of carbonyl (C=O) groups excluding carboxylic acids is 2. The van der Waals surface area contributed by atoms with Crippen LogP contribution in [0.2, 0.25) is 0 Å². The number of rotatable bonds is 9. The van der Waals surface area contributed by atoms with E-state index in [1.54, 1.807) is 0 Å². The fourth-order valence-corrected chi connectivity index (χ4v) is 2.77. The van der Waals surface area contributed by atoms with Crippen LogP contribution in [0.1, 0.15) is 46.4 Å². The van der Waals surface area contributed by atoms with Gasteiger partial charge < -0.3 is 15.4 Å². The largest absolute Gasteiger partial charge is 0.467 e. The van der Waals surface area contributed by atoms with E-state index in [0.717, 1.165) is 17.3 Å². The van der Waals surface area contributed by atoms with E-state index in [9.17, 15) is 9.59 Å². The molecule has 0 saturated carbocycles. The number of methoxy groups -OCH3 is 1. The molecule has 1 unspecified atom stereocenters. The predicted molar refractivity (Wildman–Crippen MR) is 110 cm³/mol. The lowest BCUT2D eigenvalue weighted by Gasteiger charge is -2.21. The van der Waals surface area contributed by atoms with Gasteiger partial charge in [-0.25, -0.2) is 14.8 Å². The third-order valence-electron chi connectivity index (χ3n) is 4.46. The summed E-state index contributed by atoms with van der Waals surface area (Å²) in [4.78, 5) is 33.3. The maximum Gasteiger partial charge on any atom is 0.328 e. The molecule has 0 radical (unpaired) electrons. The maximum absolute atomic E-state index is 12.1. The number of benzene rings is 1. The molecular formula is C21H30N4O3.